The van der Waals surface area contributed by atoms with E-state index >= 15 is 0 Å². The van der Waals surface area contributed by atoms with Crippen molar-refractivity contribution in [2.75, 3.05) is 13.1 Å². The fraction of sp³-hybridized carbons (Fsp3) is 0.929. The molecule has 1 aliphatic carbocycles. The lowest BCUT2D eigenvalue weighted by Gasteiger charge is -2.36. The highest BCUT2D eigenvalue weighted by atomic mass is 16.3. The molecule has 2 aliphatic rings. The number of hydrogen-bond acceptors (Lipinski definition) is 4. The van der Waals surface area contributed by atoms with E-state index in [9.17, 15) is 15.0 Å². The van der Waals surface area contributed by atoms with Gasteiger partial charge in [0.25, 0.3) is 0 Å². The highest BCUT2D eigenvalue weighted by Crippen LogP contribution is 2.33. The summed E-state index contributed by atoms with van der Waals surface area (Å²) in [5.41, 5.74) is -0.738. The van der Waals surface area contributed by atoms with E-state index in [-0.39, 0.29) is 11.9 Å². The third kappa shape index (κ3) is 3.91. The van der Waals surface area contributed by atoms with Crippen molar-refractivity contribution in [3.05, 3.63) is 0 Å². The average Bonchev–Trinajstić information content (AvgIpc) is 2.84. The maximum atomic E-state index is 11.9. The van der Waals surface area contributed by atoms with Crippen LogP contribution in [0.1, 0.15) is 45.4 Å². The van der Waals surface area contributed by atoms with Gasteiger partial charge in [-0.25, -0.2) is 0 Å². The number of aliphatic hydroxyl groups is 2. The Hall–Kier alpha value is -0.650. The molecule has 2 rings (SSSR count). The lowest BCUT2D eigenvalue weighted by atomic mass is 9.78. The average molecular weight is 270 g/mol. The van der Waals surface area contributed by atoms with Gasteiger partial charge in [-0.2, -0.15) is 0 Å². The first-order valence-corrected chi connectivity index (χ1v) is 7.44. The van der Waals surface area contributed by atoms with Crippen LogP contribution in [0.4, 0.5) is 0 Å². The Morgan fingerprint density at radius 1 is 1.42 bits per heavy atom. The molecule has 5 heteroatoms. The molecular formula is C14H26N2O3. The molecule has 2 fully saturated rings. The highest BCUT2D eigenvalue weighted by Gasteiger charge is 2.34. The first kappa shape index (κ1) is 14.8. The molecule has 0 radical (unpaired) electrons. The van der Waals surface area contributed by atoms with Gasteiger partial charge in [0, 0.05) is 13.1 Å². The number of β-amino-alcohol motifs (C(OH)–C–C–N with tert-alkyl or cyclic N) is 1. The zero-order chi connectivity index (χ0) is 13.9. The maximum absolute atomic E-state index is 11.9. The number of rotatable bonds is 4. The van der Waals surface area contributed by atoms with E-state index < -0.39 is 11.7 Å². The molecular weight excluding hydrogens is 244 g/mol. The van der Waals surface area contributed by atoms with Crippen LogP contribution in [0.25, 0.3) is 0 Å². The van der Waals surface area contributed by atoms with E-state index in [0.29, 0.717) is 19.5 Å². The molecule has 5 nitrogen and oxygen atoms in total. The summed E-state index contributed by atoms with van der Waals surface area (Å²) in [6.45, 7) is 2.99. The second-order valence-electron chi connectivity index (χ2n) is 6.14. The molecule has 0 spiro atoms. The van der Waals surface area contributed by atoms with Crippen LogP contribution in [0.15, 0.2) is 0 Å². The molecule has 0 bridgehead atoms. The van der Waals surface area contributed by atoms with Crippen LogP contribution in [0, 0.1) is 5.92 Å². The van der Waals surface area contributed by atoms with Crippen molar-refractivity contribution in [2.45, 2.75) is 63.2 Å². The van der Waals surface area contributed by atoms with Crippen molar-refractivity contribution in [1.82, 2.24) is 10.6 Å². The number of carbonyl (C=O) groups is 1. The Balaban J connectivity index is 1.74. The minimum atomic E-state index is -0.738. The SMILES string of the molecule is CCC1CCC(O)(CNC(=O)C2CC(O)CN2)CC1. The quantitative estimate of drug-likeness (QED) is 0.586. The van der Waals surface area contributed by atoms with Gasteiger partial charge >= 0.3 is 0 Å². The Labute approximate surface area is 114 Å². The van der Waals surface area contributed by atoms with Gasteiger partial charge in [-0.1, -0.05) is 13.3 Å². The largest absolute Gasteiger partial charge is 0.392 e. The molecule has 1 saturated carbocycles. The molecule has 4 N–H and O–H groups in total. The number of carbonyl (C=O) groups excluding carboxylic acids is 1. The van der Waals surface area contributed by atoms with Crippen LogP contribution >= 0.6 is 0 Å². The lowest BCUT2D eigenvalue weighted by molar-refractivity contribution is -0.124. The highest BCUT2D eigenvalue weighted by molar-refractivity contribution is 5.82. The summed E-state index contributed by atoms with van der Waals surface area (Å²) in [5.74, 6) is 0.616. The summed E-state index contributed by atoms with van der Waals surface area (Å²) in [6.07, 6.45) is 4.83. The van der Waals surface area contributed by atoms with Crippen LogP contribution in [0.5, 0.6) is 0 Å². The van der Waals surface area contributed by atoms with Crippen LogP contribution in [0.3, 0.4) is 0 Å². The van der Waals surface area contributed by atoms with Gasteiger partial charge in [0.15, 0.2) is 0 Å². The fourth-order valence-electron chi connectivity index (χ4n) is 3.09. The Kier molecular flexibility index (Phi) is 4.81. The second kappa shape index (κ2) is 6.20. The normalized spacial score (nSPS) is 39.2. The zero-order valence-corrected chi connectivity index (χ0v) is 11.7. The molecule has 1 saturated heterocycles. The van der Waals surface area contributed by atoms with Crippen LogP contribution in [-0.2, 0) is 4.79 Å². The van der Waals surface area contributed by atoms with Crippen molar-refractivity contribution in [2.24, 2.45) is 5.92 Å². The Bertz CT molecular complexity index is 314. The molecule has 2 atom stereocenters. The van der Waals surface area contributed by atoms with Crippen molar-refractivity contribution < 1.29 is 15.0 Å². The Morgan fingerprint density at radius 2 is 2.11 bits per heavy atom. The summed E-state index contributed by atoms with van der Waals surface area (Å²) in [7, 11) is 0. The molecule has 110 valence electrons. The molecule has 2 unspecified atom stereocenters. The minimum Gasteiger partial charge on any atom is -0.392 e. The van der Waals surface area contributed by atoms with E-state index in [4.69, 9.17) is 0 Å². The molecule has 0 aromatic heterocycles. The van der Waals surface area contributed by atoms with Crippen molar-refractivity contribution in [1.29, 1.82) is 0 Å². The number of hydrogen-bond donors (Lipinski definition) is 4. The number of nitrogens with one attached hydrogen (secondary N) is 2. The molecule has 0 aromatic rings. The van der Waals surface area contributed by atoms with Crippen LogP contribution < -0.4 is 10.6 Å². The number of aliphatic hydroxyl groups excluding tert-OH is 1. The molecule has 19 heavy (non-hydrogen) atoms. The number of amides is 1. The van der Waals surface area contributed by atoms with Crippen molar-refractivity contribution in [3.63, 3.8) is 0 Å². The third-order valence-corrected chi connectivity index (χ3v) is 4.63. The third-order valence-electron chi connectivity index (χ3n) is 4.63. The minimum absolute atomic E-state index is 0.109. The van der Waals surface area contributed by atoms with E-state index in [1.165, 1.54) is 6.42 Å². The van der Waals surface area contributed by atoms with E-state index in [1.54, 1.807) is 0 Å². The van der Waals surface area contributed by atoms with E-state index in [1.807, 2.05) is 0 Å². The predicted octanol–water partition coefficient (Wildman–Crippen LogP) is 0.157. The summed E-state index contributed by atoms with van der Waals surface area (Å²) in [6, 6.07) is -0.314. The monoisotopic (exact) mass is 270 g/mol. The standard InChI is InChI=1S/C14H26N2O3/c1-2-10-3-5-14(19,6-4-10)9-16-13(18)12-7-11(17)8-15-12/h10-12,15,17,19H,2-9H2,1H3,(H,16,18). The molecule has 0 aromatic carbocycles. The van der Waals surface area contributed by atoms with Gasteiger partial charge in [0.05, 0.1) is 17.7 Å². The maximum Gasteiger partial charge on any atom is 0.237 e. The van der Waals surface area contributed by atoms with E-state index in [0.717, 1.165) is 31.6 Å². The summed E-state index contributed by atoms with van der Waals surface area (Å²) in [5, 5.41) is 25.6. The van der Waals surface area contributed by atoms with Crippen LogP contribution in [-0.4, -0.2) is 47.0 Å². The van der Waals surface area contributed by atoms with Crippen molar-refractivity contribution in [3.8, 4) is 0 Å². The molecule has 1 heterocycles. The van der Waals surface area contributed by atoms with Gasteiger partial charge in [-0.05, 0) is 38.0 Å². The zero-order valence-electron chi connectivity index (χ0n) is 11.7. The van der Waals surface area contributed by atoms with E-state index in [2.05, 4.69) is 17.6 Å². The molecule has 1 amide bonds. The Morgan fingerprint density at radius 3 is 2.63 bits per heavy atom. The first-order chi connectivity index (χ1) is 9.02. The van der Waals surface area contributed by atoms with Gasteiger partial charge in [-0.3, -0.25) is 4.79 Å². The summed E-state index contributed by atoms with van der Waals surface area (Å²) >= 11 is 0. The fourth-order valence-corrected chi connectivity index (χ4v) is 3.09. The van der Waals surface area contributed by atoms with Gasteiger partial charge in [-0.15, -0.1) is 0 Å². The topological polar surface area (TPSA) is 81.6 Å². The van der Waals surface area contributed by atoms with Gasteiger partial charge in [0.1, 0.15) is 0 Å². The summed E-state index contributed by atoms with van der Waals surface area (Å²) < 4.78 is 0. The summed E-state index contributed by atoms with van der Waals surface area (Å²) in [4.78, 5) is 11.9. The smallest absolute Gasteiger partial charge is 0.237 e. The van der Waals surface area contributed by atoms with Crippen molar-refractivity contribution >= 4 is 5.91 Å². The van der Waals surface area contributed by atoms with Crippen LogP contribution in [0.2, 0.25) is 0 Å². The first-order valence-electron chi connectivity index (χ1n) is 7.44. The van der Waals surface area contributed by atoms with Gasteiger partial charge in [0.2, 0.25) is 5.91 Å². The predicted molar refractivity (Wildman–Crippen MR) is 72.6 cm³/mol. The van der Waals surface area contributed by atoms with Gasteiger partial charge < -0.3 is 20.8 Å². The molecule has 1 aliphatic heterocycles. The second-order valence-corrected chi connectivity index (χ2v) is 6.14. The lowest BCUT2D eigenvalue weighted by Crippen LogP contribution is -2.49.